The minimum Gasteiger partial charge on any atom is -0.252 e. The van der Waals surface area contributed by atoms with Gasteiger partial charge < -0.3 is 0 Å². The Morgan fingerprint density at radius 2 is 1.10 bits per heavy atom. The van der Waals surface area contributed by atoms with E-state index in [0.29, 0.717) is 0 Å². The van der Waals surface area contributed by atoms with Gasteiger partial charge in [0.05, 0.1) is 22.9 Å². The maximum atomic E-state index is 5.22. The van der Waals surface area contributed by atoms with Crippen molar-refractivity contribution in [3.8, 4) is 22.4 Å². The fourth-order valence-electron chi connectivity index (χ4n) is 6.31. The van der Waals surface area contributed by atoms with E-state index in [0.717, 1.165) is 33.1 Å². The Morgan fingerprint density at radius 3 is 1.90 bits per heavy atom. The van der Waals surface area contributed by atoms with Crippen molar-refractivity contribution < 1.29 is 0 Å². The summed E-state index contributed by atoms with van der Waals surface area (Å²) >= 11 is 1.87. The SMILES string of the molecule is c1ccc2c(c1)sc1c(-c3ccc4ccc(-c5cnc6c7ccccc7c7ccccc7c6n5)cc4c3)cccc12. The first-order valence-corrected chi connectivity index (χ1v) is 14.6. The molecule has 2 heterocycles. The number of hydrogen-bond acceptors (Lipinski definition) is 3. The molecule has 0 bridgehead atoms. The van der Waals surface area contributed by atoms with E-state index < -0.39 is 0 Å². The van der Waals surface area contributed by atoms with Gasteiger partial charge in [-0.25, -0.2) is 4.98 Å². The molecule has 0 saturated carbocycles. The lowest BCUT2D eigenvalue weighted by atomic mass is 9.97. The third kappa shape index (κ3) is 3.43. The van der Waals surface area contributed by atoms with Crippen molar-refractivity contribution in [3.63, 3.8) is 0 Å². The number of nitrogens with zero attached hydrogens (tertiary/aromatic N) is 2. The van der Waals surface area contributed by atoms with Crippen LogP contribution >= 0.6 is 11.3 Å². The lowest BCUT2D eigenvalue weighted by Gasteiger charge is -2.11. The monoisotopic (exact) mass is 538 g/mol. The molecule has 190 valence electrons. The van der Waals surface area contributed by atoms with Gasteiger partial charge >= 0.3 is 0 Å². The van der Waals surface area contributed by atoms with Crippen LogP contribution in [0.15, 0.2) is 134 Å². The highest BCUT2D eigenvalue weighted by atomic mass is 32.1. The van der Waals surface area contributed by atoms with Crippen molar-refractivity contribution in [1.82, 2.24) is 9.97 Å². The lowest BCUT2D eigenvalue weighted by molar-refractivity contribution is 1.31. The Hall–Kier alpha value is -5.12. The molecule has 2 nitrogen and oxygen atoms in total. The average molecular weight is 539 g/mol. The van der Waals surface area contributed by atoms with Crippen LogP contribution in [0.1, 0.15) is 0 Å². The Labute approximate surface area is 240 Å². The van der Waals surface area contributed by atoms with Gasteiger partial charge in [-0.3, -0.25) is 4.98 Å². The molecule has 0 aliphatic rings. The van der Waals surface area contributed by atoms with Crippen molar-refractivity contribution in [1.29, 1.82) is 0 Å². The van der Waals surface area contributed by atoms with Crippen LogP contribution in [-0.4, -0.2) is 9.97 Å². The lowest BCUT2D eigenvalue weighted by Crippen LogP contribution is -1.92. The molecule has 9 rings (SSSR count). The summed E-state index contributed by atoms with van der Waals surface area (Å²) in [5.74, 6) is 0. The van der Waals surface area contributed by atoms with Gasteiger partial charge in [-0.15, -0.1) is 11.3 Å². The van der Waals surface area contributed by atoms with Crippen molar-refractivity contribution in [2.24, 2.45) is 0 Å². The average Bonchev–Trinajstić information content (AvgIpc) is 3.43. The highest BCUT2D eigenvalue weighted by Gasteiger charge is 2.13. The first-order chi connectivity index (χ1) is 20.3. The molecule has 0 saturated heterocycles. The first kappa shape index (κ1) is 22.7. The second kappa shape index (κ2) is 8.69. The van der Waals surface area contributed by atoms with Crippen LogP contribution in [-0.2, 0) is 0 Å². The van der Waals surface area contributed by atoms with Crippen LogP contribution in [0.2, 0.25) is 0 Å². The Bertz CT molecular complexity index is 2450. The highest BCUT2D eigenvalue weighted by molar-refractivity contribution is 7.26. The van der Waals surface area contributed by atoms with Crippen LogP contribution in [0.4, 0.5) is 0 Å². The Kier molecular flexibility index (Phi) is 4.80. The van der Waals surface area contributed by atoms with E-state index in [1.54, 1.807) is 0 Å². The van der Waals surface area contributed by atoms with Crippen LogP contribution in [0.3, 0.4) is 0 Å². The molecule has 0 unspecified atom stereocenters. The van der Waals surface area contributed by atoms with Crippen molar-refractivity contribution >= 4 is 74.9 Å². The molecule has 9 aromatic rings. The molecular weight excluding hydrogens is 516 g/mol. The maximum Gasteiger partial charge on any atom is 0.0979 e. The van der Waals surface area contributed by atoms with Crippen molar-refractivity contribution in [2.45, 2.75) is 0 Å². The molecule has 0 amide bonds. The van der Waals surface area contributed by atoms with Gasteiger partial charge in [-0.2, -0.15) is 0 Å². The van der Waals surface area contributed by atoms with Gasteiger partial charge in [0.1, 0.15) is 0 Å². The molecule has 7 aromatic carbocycles. The third-order valence-corrected chi connectivity index (χ3v) is 9.50. The summed E-state index contributed by atoms with van der Waals surface area (Å²) in [4.78, 5) is 10.2. The zero-order chi connectivity index (χ0) is 26.9. The minimum atomic E-state index is 0.886. The number of aromatic nitrogens is 2. The van der Waals surface area contributed by atoms with Crippen molar-refractivity contribution in [2.75, 3.05) is 0 Å². The molecule has 0 spiro atoms. The molecule has 0 atom stereocenters. The quantitative estimate of drug-likeness (QED) is 0.205. The first-order valence-electron chi connectivity index (χ1n) is 13.8. The predicted molar refractivity (Wildman–Crippen MR) is 176 cm³/mol. The van der Waals surface area contributed by atoms with E-state index in [2.05, 4.69) is 127 Å². The number of hydrogen-bond donors (Lipinski definition) is 0. The summed E-state index contributed by atoms with van der Waals surface area (Å²) in [7, 11) is 0. The smallest absolute Gasteiger partial charge is 0.0979 e. The standard InChI is InChI=1S/C38H22N2S/c1-3-11-31-28(8-1)29-9-2-4-12-32(29)37-36(31)39-22-34(40-37)25-19-17-23-16-18-24(20-26(23)21-25)27-13-7-14-33-30-10-5-6-15-35(30)41-38(27)33/h1-22H. The number of fused-ring (bicyclic) bond motifs is 10. The minimum absolute atomic E-state index is 0.886. The van der Waals surface area contributed by atoms with Crippen LogP contribution < -0.4 is 0 Å². The summed E-state index contributed by atoms with van der Waals surface area (Å²) in [6.45, 7) is 0. The third-order valence-electron chi connectivity index (χ3n) is 8.28. The zero-order valence-corrected chi connectivity index (χ0v) is 22.8. The molecule has 2 aromatic heterocycles. The van der Waals surface area contributed by atoms with E-state index in [4.69, 9.17) is 9.97 Å². The summed E-state index contributed by atoms with van der Waals surface area (Å²) in [6, 6.07) is 45.7. The summed E-state index contributed by atoms with van der Waals surface area (Å²) in [5.41, 5.74) is 6.36. The van der Waals surface area contributed by atoms with Crippen LogP contribution in [0.25, 0.3) is 85.9 Å². The number of benzene rings is 7. The van der Waals surface area contributed by atoms with Gasteiger partial charge in [-0.1, -0.05) is 109 Å². The molecule has 3 heteroatoms. The van der Waals surface area contributed by atoms with Gasteiger partial charge in [0, 0.05) is 36.5 Å². The fraction of sp³-hybridized carbons (Fsp3) is 0. The molecule has 0 aliphatic carbocycles. The summed E-state index contributed by atoms with van der Waals surface area (Å²) < 4.78 is 2.66. The Balaban J connectivity index is 1.22. The van der Waals surface area contributed by atoms with Gasteiger partial charge in [0.2, 0.25) is 0 Å². The van der Waals surface area contributed by atoms with Crippen molar-refractivity contribution in [3.05, 3.63) is 134 Å². The zero-order valence-electron chi connectivity index (χ0n) is 22.0. The van der Waals surface area contributed by atoms with E-state index in [1.165, 1.54) is 52.8 Å². The van der Waals surface area contributed by atoms with Gasteiger partial charge in [0.25, 0.3) is 0 Å². The van der Waals surface area contributed by atoms with Crippen LogP contribution in [0.5, 0.6) is 0 Å². The van der Waals surface area contributed by atoms with E-state index in [9.17, 15) is 0 Å². The molecule has 0 aliphatic heterocycles. The molecule has 41 heavy (non-hydrogen) atoms. The number of rotatable bonds is 2. The second-order valence-corrected chi connectivity index (χ2v) is 11.7. The van der Waals surface area contributed by atoms with Crippen LogP contribution in [0, 0.1) is 0 Å². The topological polar surface area (TPSA) is 25.8 Å². The van der Waals surface area contributed by atoms with Gasteiger partial charge in [0.15, 0.2) is 0 Å². The normalized spacial score (nSPS) is 11.9. The summed E-state index contributed by atoms with van der Waals surface area (Å²) in [5, 5.41) is 9.75. The van der Waals surface area contributed by atoms with E-state index in [-0.39, 0.29) is 0 Å². The molecule has 0 N–H and O–H groups in total. The maximum absolute atomic E-state index is 5.22. The Morgan fingerprint density at radius 1 is 0.463 bits per heavy atom. The van der Waals surface area contributed by atoms with E-state index >= 15 is 0 Å². The molecule has 0 radical (unpaired) electrons. The molecular formula is C38H22N2S. The fourth-order valence-corrected chi connectivity index (χ4v) is 7.55. The van der Waals surface area contributed by atoms with E-state index in [1.807, 2.05) is 17.5 Å². The predicted octanol–water partition coefficient (Wildman–Crippen LogP) is 10.8. The highest BCUT2D eigenvalue weighted by Crippen LogP contribution is 2.41. The number of thiophene rings is 1. The largest absolute Gasteiger partial charge is 0.252 e. The molecule has 0 fully saturated rings. The second-order valence-electron chi connectivity index (χ2n) is 10.6. The van der Waals surface area contributed by atoms with Gasteiger partial charge in [-0.05, 0) is 50.9 Å². The summed E-state index contributed by atoms with van der Waals surface area (Å²) in [6.07, 6.45) is 1.92.